The van der Waals surface area contributed by atoms with Crippen LogP contribution < -0.4 is 4.74 Å². The van der Waals surface area contributed by atoms with Crippen molar-refractivity contribution >= 4 is 17.7 Å². The summed E-state index contributed by atoms with van der Waals surface area (Å²) in [5, 5.41) is 8.89. The smallest absolute Gasteiger partial charge is 0.318 e. The molecule has 7 heteroatoms. The van der Waals surface area contributed by atoms with Crippen molar-refractivity contribution in [3.05, 3.63) is 71.5 Å². The van der Waals surface area contributed by atoms with Gasteiger partial charge < -0.3 is 9.47 Å². The Morgan fingerprint density at radius 3 is 2.45 bits per heavy atom. The van der Waals surface area contributed by atoms with Crippen LogP contribution in [0, 0.1) is 0 Å². The molecule has 3 rings (SSSR count). The molecule has 0 aliphatic rings. The van der Waals surface area contributed by atoms with Crippen LogP contribution in [-0.2, 0) is 29.1 Å². The molecule has 0 bridgehead atoms. The zero-order chi connectivity index (χ0) is 20.6. The zero-order valence-corrected chi connectivity index (χ0v) is 17.7. The Hall–Kier alpha value is -2.80. The van der Waals surface area contributed by atoms with Crippen molar-refractivity contribution in [3.63, 3.8) is 0 Å². The van der Waals surface area contributed by atoms with Crippen molar-refractivity contribution in [2.75, 3.05) is 7.11 Å². The number of benzene rings is 2. The summed E-state index contributed by atoms with van der Waals surface area (Å²) >= 11 is 1.33. The lowest BCUT2D eigenvalue weighted by molar-refractivity contribution is -0.139. The maximum absolute atomic E-state index is 11.8. The highest BCUT2D eigenvalue weighted by Crippen LogP contribution is 2.25. The second-order valence-electron chi connectivity index (χ2n) is 6.54. The normalized spacial score (nSPS) is 11.8. The summed E-state index contributed by atoms with van der Waals surface area (Å²) in [5.74, 6) is 1.19. The topological polar surface area (TPSA) is 66.2 Å². The van der Waals surface area contributed by atoms with E-state index in [4.69, 9.17) is 9.47 Å². The third kappa shape index (κ3) is 5.60. The highest BCUT2D eigenvalue weighted by Gasteiger charge is 2.21. The number of hydrogen-bond donors (Lipinski definition) is 0. The molecule has 0 saturated heterocycles. The Kier molecular flexibility index (Phi) is 7.30. The molecule has 152 valence electrons. The molecule has 0 spiro atoms. The van der Waals surface area contributed by atoms with E-state index in [2.05, 4.69) is 29.3 Å². The maximum atomic E-state index is 11.8. The van der Waals surface area contributed by atoms with Gasteiger partial charge in [0.2, 0.25) is 0 Å². The van der Waals surface area contributed by atoms with Crippen LogP contribution in [0.4, 0.5) is 0 Å². The molecule has 0 N–H and O–H groups in total. The summed E-state index contributed by atoms with van der Waals surface area (Å²) in [6.45, 7) is 4.80. The average molecular weight is 412 g/mol. The van der Waals surface area contributed by atoms with E-state index in [9.17, 15) is 4.79 Å². The number of nitrogens with zero attached hydrogens (tertiary/aromatic N) is 3. The lowest BCUT2D eigenvalue weighted by atomic mass is 10.2. The van der Waals surface area contributed by atoms with Crippen LogP contribution in [0.25, 0.3) is 0 Å². The predicted molar refractivity (Wildman–Crippen MR) is 113 cm³/mol. The number of carbonyl (C=O) groups excluding carboxylic acids is 1. The van der Waals surface area contributed by atoms with Crippen molar-refractivity contribution in [2.45, 2.75) is 43.8 Å². The van der Waals surface area contributed by atoms with Gasteiger partial charge in [0.15, 0.2) is 11.0 Å². The first-order valence-corrected chi connectivity index (χ1v) is 10.4. The fourth-order valence-corrected chi connectivity index (χ4v) is 3.67. The summed E-state index contributed by atoms with van der Waals surface area (Å²) in [6, 6.07) is 18.1. The van der Waals surface area contributed by atoms with Gasteiger partial charge in [0.05, 0.1) is 13.7 Å². The number of ether oxygens (including phenoxy) is 2. The largest absolute Gasteiger partial charge is 0.486 e. The maximum Gasteiger partial charge on any atom is 0.318 e. The predicted octanol–water partition coefficient (Wildman–Crippen LogP) is 4.12. The van der Waals surface area contributed by atoms with Crippen LogP contribution in [0.3, 0.4) is 0 Å². The number of aromatic nitrogens is 3. The van der Waals surface area contributed by atoms with E-state index in [1.807, 2.05) is 47.0 Å². The summed E-state index contributed by atoms with van der Waals surface area (Å²) in [7, 11) is 1.39. The lowest BCUT2D eigenvalue weighted by Gasteiger charge is -2.13. The van der Waals surface area contributed by atoms with E-state index in [-0.39, 0.29) is 11.2 Å². The van der Waals surface area contributed by atoms with Gasteiger partial charge in [-0.05, 0) is 36.6 Å². The average Bonchev–Trinajstić information content (AvgIpc) is 3.13. The molecular formula is C22H25N3O3S. The molecule has 29 heavy (non-hydrogen) atoms. The van der Waals surface area contributed by atoms with Crippen molar-refractivity contribution in [3.8, 4) is 5.75 Å². The number of aryl methyl sites for hydroxylation is 1. The number of thioether (sulfide) groups is 1. The summed E-state index contributed by atoms with van der Waals surface area (Å²) in [6.07, 6.45) is 0.991. The van der Waals surface area contributed by atoms with Gasteiger partial charge >= 0.3 is 5.97 Å². The van der Waals surface area contributed by atoms with Gasteiger partial charge in [-0.25, -0.2) is 0 Å². The molecule has 6 nitrogen and oxygen atoms in total. The molecule has 0 radical (unpaired) electrons. The molecule has 1 unspecified atom stereocenters. The molecule has 0 amide bonds. The van der Waals surface area contributed by atoms with E-state index in [1.54, 1.807) is 6.92 Å². The minimum atomic E-state index is -0.380. The molecule has 0 aliphatic carbocycles. The number of hydrogen-bond acceptors (Lipinski definition) is 6. The Labute approximate surface area is 175 Å². The van der Waals surface area contributed by atoms with Gasteiger partial charge in [-0.3, -0.25) is 9.36 Å². The van der Waals surface area contributed by atoms with Gasteiger partial charge in [-0.15, -0.1) is 10.2 Å². The Morgan fingerprint density at radius 1 is 1.07 bits per heavy atom. The Balaban J connectivity index is 1.80. The Morgan fingerprint density at radius 2 is 1.79 bits per heavy atom. The van der Waals surface area contributed by atoms with Crippen molar-refractivity contribution in [1.29, 1.82) is 0 Å². The SMILES string of the molecule is CCc1ccc(OCc2nnc(SC(C)C(=O)OC)n2Cc2ccccc2)cc1. The van der Waals surface area contributed by atoms with Gasteiger partial charge in [0.1, 0.15) is 17.6 Å². The van der Waals surface area contributed by atoms with Crippen molar-refractivity contribution in [1.82, 2.24) is 14.8 Å². The molecule has 0 saturated carbocycles. The van der Waals surface area contributed by atoms with Crippen molar-refractivity contribution in [2.24, 2.45) is 0 Å². The molecule has 2 aromatic carbocycles. The standard InChI is InChI=1S/C22H25N3O3S/c1-4-17-10-12-19(13-11-17)28-15-20-23-24-22(29-16(2)21(26)27-3)25(20)14-18-8-6-5-7-9-18/h5-13,16H,4,14-15H2,1-3H3. The molecular weight excluding hydrogens is 386 g/mol. The first-order valence-electron chi connectivity index (χ1n) is 9.53. The summed E-state index contributed by atoms with van der Waals surface area (Å²) in [5.41, 5.74) is 2.38. The number of carbonyl (C=O) groups is 1. The van der Waals surface area contributed by atoms with E-state index in [1.165, 1.54) is 24.4 Å². The summed E-state index contributed by atoms with van der Waals surface area (Å²) in [4.78, 5) is 11.8. The van der Waals surface area contributed by atoms with Gasteiger partial charge in [-0.1, -0.05) is 61.2 Å². The van der Waals surface area contributed by atoms with Crippen LogP contribution in [0.1, 0.15) is 30.8 Å². The number of rotatable bonds is 9. The highest BCUT2D eigenvalue weighted by molar-refractivity contribution is 8.00. The van der Waals surface area contributed by atoms with E-state index in [0.717, 1.165) is 17.7 Å². The Bertz CT molecular complexity index is 926. The minimum absolute atomic E-state index is 0.290. The molecule has 1 aromatic heterocycles. The highest BCUT2D eigenvalue weighted by atomic mass is 32.2. The molecule has 0 aliphatic heterocycles. The van der Waals surface area contributed by atoms with E-state index < -0.39 is 0 Å². The molecule has 1 atom stereocenters. The van der Waals surface area contributed by atoms with Crippen LogP contribution in [-0.4, -0.2) is 33.1 Å². The third-order valence-corrected chi connectivity index (χ3v) is 5.55. The zero-order valence-electron chi connectivity index (χ0n) is 16.9. The summed E-state index contributed by atoms with van der Waals surface area (Å²) < 4.78 is 12.8. The van der Waals surface area contributed by atoms with Gasteiger partial charge in [0, 0.05) is 0 Å². The van der Waals surface area contributed by atoms with Crippen LogP contribution in [0.5, 0.6) is 5.75 Å². The third-order valence-electron chi connectivity index (χ3n) is 4.49. The number of methoxy groups -OCH3 is 1. The van der Waals surface area contributed by atoms with E-state index in [0.29, 0.717) is 24.1 Å². The van der Waals surface area contributed by atoms with Gasteiger partial charge in [0.25, 0.3) is 0 Å². The molecule has 0 fully saturated rings. The minimum Gasteiger partial charge on any atom is -0.486 e. The molecule has 1 heterocycles. The first kappa shape index (κ1) is 20.9. The van der Waals surface area contributed by atoms with Crippen LogP contribution in [0.15, 0.2) is 59.8 Å². The molecule has 3 aromatic rings. The van der Waals surface area contributed by atoms with Crippen molar-refractivity contribution < 1.29 is 14.3 Å². The fourth-order valence-electron chi connectivity index (χ4n) is 2.78. The lowest BCUT2D eigenvalue weighted by Crippen LogP contribution is -2.16. The fraction of sp³-hybridized carbons (Fsp3) is 0.318. The second kappa shape index (κ2) is 10.1. The van der Waals surface area contributed by atoms with Crippen LogP contribution in [0.2, 0.25) is 0 Å². The van der Waals surface area contributed by atoms with Crippen LogP contribution >= 0.6 is 11.8 Å². The first-order chi connectivity index (χ1) is 14.1. The van der Waals surface area contributed by atoms with E-state index >= 15 is 0 Å². The monoisotopic (exact) mass is 411 g/mol. The quantitative estimate of drug-likeness (QED) is 0.390. The van der Waals surface area contributed by atoms with Gasteiger partial charge in [-0.2, -0.15) is 0 Å². The second-order valence-corrected chi connectivity index (χ2v) is 7.85. The number of esters is 1.